The van der Waals surface area contributed by atoms with Crippen LogP contribution in [0, 0.1) is 13.8 Å². The van der Waals surface area contributed by atoms with Crippen LogP contribution in [0.15, 0.2) is 36.9 Å². The smallest absolute Gasteiger partial charge is 0.374 e. The van der Waals surface area contributed by atoms with Crippen LogP contribution >= 0.6 is 11.3 Å². The van der Waals surface area contributed by atoms with Gasteiger partial charge in [0.15, 0.2) is 0 Å². The molecule has 0 spiro atoms. The van der Waals surface area contributed by atoms with Crippen molar-refractivity contribution in [2.45, 2.75) is 26.7 Å². The van der Waals surface area contributed by atoms with E-state index in [-0.39, 0.29) is 5.88 Å². The highest BCUT2D eigenvalue weighted by molar-refractivity contribution is 7.13. The van der Waals surface area contributed by atoms with Crippen LogP contribution in [0.3, 0.4) is 0 Å². The lowest BCUT2D eigenvalue weighted by Gasteiger charge is -2.07. The van der Waals surface area contributed by atoms with Gasteiger partial charge in [0.1, 0.15) is 12.1 Å². The van der Waals surface area contributed by atoms with Crippen LogP contribution < -0.4 is 4.74 Å². The standard InChI is InChI=1S/C18H17N3O3S/c1-11-7-13(8-12(2)16(11)22)3-4-14-9-20-17(25-14)18(23)24-15-5-6-19-10-21-15/h5-10,22H,3-4H2,1-2H3. The molecule has 0 aliphatic rings. The van der Waals surface area contributed by atoms with Gasteiger partial charge in [0.05, 0.1) is 0 Å². The molecule has 2 heterocycles. The topological polar surface area (TPSA) is 85.2 Å². The number of hydrogen-bond acceptors (Lipinski definition) is 7. The van der Waals surface area contributed by atoms with Gasteiger partial charge in [-0.25, -0.2) is 19.7 Å². The molecular weight excluding hydrogens is 338 g/mol. The fourth-order valence-corrected chi connectivity index (χ4v) is 3.24. The van der Waals surface area contributed by atoms with Crippen LogP contribution in [0.4, 0.5) is 0 Å². The summed E-state index contributed by atoms with van der Waals surface area (Å²) in [5, 5.41) is 10.1. The molecule has 0 radical (unpaired) electrons. The van der Waals surface area contributed by atoms with E-state index in [1.54, 1.807) is 6.20 Å². The van der Waals surface area contributed by atoms with Gasteiger partial charge < -0.3 is 9.84 Å². The maximum absolute atomic E-state index is 12.1. The summed E-state index contributed by atoms with van der Waals surface area (Å²) in [4.78, 5) is 24.8. The normalized spacial score (nSPS) is 10.6. The second-order valence-corrected chi connectivity index (χ2v) is 6.76. The van der Waals surface area contributed by atoms with Gasteiger partial charge in [0.25, 0.3) is 0 Å². The summed E-state index contributed by atoms with van der Waals surface area (Å²) in [5.74, 6) is 0.0226. The second kappa shape index (κ2) is 7.40. The number of aromatic nitrogens is 3. The van der Waals surface area contributed by atoms with Crippen LogP contribution in [0.25, 0.3) is 0 Å². The molecule has 3 rings (SSSR count). The molecule has 7 heteroatoms. The molecule has 0 saturated heterocycles. The number of ether oxygens (including phenoxy) is 1. The Balaban J connectivity index is 1.63. The minimum Gasteiger partial charge on any atom is -0.507 e. The van der Waals surface area contributed by atoms with E-state index >= 15 is 0 Å². The Morgan fingerprint density at radius 1 is 1.20 bits per heavy atom. The van der Waals surface area contributed by atoms with Crippen molar-refractivity contribution >= 4 is 17.3 Å². The SMILES string of the molecule is Cc1cc(CCc2cnc(C(=O)Oc3ccncn3)s2)cc(C)c1O. The third-order valence-corrected chi connectivity index (χ3v) is 4.73. The highest BCUT2D eigenvalue weighted by Crippen LogP contribution is 2.24. The van der Waals surface area contributed by atoms with Crippen molar-refractivity contribution in [1.29, 1.82) is 0 Å². The van der Waals surface area contributed by atoms with Gasteiger partial charge in [-0.1, -0.05) is 12.1 Å². The molecule has 25 heavy (non-hydrogen) atoms. The molecule has 0 aliphatic heterocycles. The molecule has 0 amide bonds. The zero-order valence-corrected chi connectivity index (χ0v) is 14.7. The molecule has 0 fully saturated rings. The van der Waals surface area contributed by atoms with Crippen molar-refractivity contribution in [2.75, 3.05) is 0 Å². The van der Waals surface area contributed by atoms with Gasteiger partial charge in [0.2, 0.25) is 10.9 Å². The number of benzene rings is 1. The van der Waals surface area contributed by atoms with Crippen LogP contribution in [0.5, 0.6) is 11.6 Å². The van der Waals surface area contributed by atoms with Crippen LogP contribution in [0.1, 0.15) is 31.4 Å². The van der Waals surface area contributed by atoms with E-state index in [1.807, 2.05) is 26.0 Å². The number of thiazole rings is 1. The number of rotatable bonds is 5. The van der Waals surface area contributed by atoms with Gasteiger partial charge in [-0.2, -0.15) is 0 Å². The van der Waals surface area contributed by atoms with Crippen molar-refractivity contribution in [2.24, 2.45) is 0 Å². The zero-order chi connectivity index (χ0) is 17.8. The van der Waals surface area contributed by atoms with E-state index in [4.69, 9.17) is 4.74 Å². The molecule has 0 bridgehead atoms. The van der Waals surface area contributed by atoms with Gasteiger partial charge in [0, 0.05) is 23.3 Å². The first-order valence-corrected chi connectivity index (χ1v) is 8.56. The number of esters is 1. The lowest BCUT2D eigenvalue weighted by Crippen LogP contribution is -2.08. The number of phenols is 1. The highest BCUT2D eigenvalue weighted by Gasteiger charge is 2.14. The lowest BCUT2D eigenvalue weighted by atomic mass is 10.0. The Hall–Kier alpha value is -2.80. The highest BCUT2D eigenvalue weighted by atomic mass is 32.1. The van der Waals surface area contributed by atoms with Crippen molar-refractivity contribution in [3.8, 4) is 11.6 Å². The van der Waals surface area contributed by atoms with E-state index in [1.165, 1.54) is 29.9 Å². The Bertz CT molecular complexity index is 871. The van der Waals surface area contributed by atoms with Crippen LogP contribution in [-0.4, -0.2) is 26.0 Å². The molecule has 0 atom stereocenters. The average molecular weight is 355 g/mol. The minimum atomic E-state index is -0.522. The summed E-state index contributed by atoms with van der Waals surface area (Å²) in [6.07, 6.45) is 6.09. The summed E-state index contributed by atoms with van der Waals surface area (Å²) in [5.41, 5.74) is 2.88. The quantitative estimate of drug-likeness (QED) is 0.707. The van der Waals surface area contributed by atoms with Crippen molar-refractivity contribution in [3.63, 3.8) is 0 Å². The molecule has 1 aromatic carbocycles. The number of aryl methyl sites for hydroxylation is 4. The molecule has 1 N–H and O–H groups in total. The molecule has 128 valence electrons. The predicted molar refractivity (Wildman–Crippen MR) is 94.1 cm³/mol. The van der Waals surface area contributed by atoms with Gasteiger partial charge >= 0.3 is 5.97 Å². The van der Waals surface area contributed by atoms with E-state index < -0.39 is 5.97 Å². The molecule has 6 nitrogen and oxygen atoms in total. The Morgan fingerprint density at radius 3 is 2.64 bits per heavy atom. The Labute approximate surface area is 149 Å². The van der Waals surface area contributed by atoms with E-state index in [0.717, 1.165) is 34.4 Å². The number of carbonyl (C=O) groups excluding carboxylic acids is 1. The second-order valence-electron chi connectivity index (χ2n) is 5.65. The van der Waals surface area contributed by atoms with Crippen LogP contribution in [-0.2, 0) is 12.8 Å². The fraction of sp³-hybridized carbons (Fsp3) is 0.222. The van der Waals surface area contributed by atoms with Crippen LogP contribution in [0.2, 0.25) is 0 Å². The number of aromatic hydroxyl groups is 1. The number of hydrogen-bond donors (Lipinski definition) is 1. The maximum Gasteiger partial charge on any atom is 0.374 e. The zero-order valence-electron chi connectivity index (χ0n) is 13.9. The van der Waals surface area contributed by atoms with E-state index in [0.29, 0.717) is 10.8 Å². The fourth-order valence-electron chi connectivity index (χ4n) is 2.45. The number of carbonyl (C=O) groups is 1. The van der Waals surface area contributed by atoms with Crippen molar-refractivity contribution in [3.05, 3.63) is 63.5 Å². The van der Waals surface area contributed by atoms with E-state index in [9.17, 15) is 9.90 Å². The first kappa shape index (κ1) is 17.0. The molecule has 2 aromatic heterocycles. The van der Waals surface area contributed by atoms with E-state index in [2.05, 4.69) is 15.0 Å². The van der Waals surface area contributed by atoms with Gasteiger partial charge in [-0.3, -0.25) is 0 Å². The average Bonchev–Trinajstić information content (AvgIpc) is 3.08. The lowest BCUT2D eigenvalue weighted by molar-refractivity contribution is 0.0727. The first-order chi connectivity index (χ1) is 12.0. The summed E-state index contributed by atoms with van der Waals surface area (Å²) in [7, 11) is 0. The van der Waals surface area contributed by atoms with Crippen molar-refractivity contribution < 1.29 is 14.6 Å². The summed E-state index contributed by atoms with van der Waals surface area (Å²) >= 11 is 1.31. The summed E-state index contributed by atoms with van der Waals surface area (Å²) in [6, 6.07) is 5.48. The van der Waals surface area contributed by atoms with Gasteiger partial charge in [-0.15, -0.1) is 11.3 Å². The monoisotopic (exact) mass is 355 g/mol. The summed E-state index contributed by atoms with van der Waals surface area (Å²) in [6.45, 7) is 3.78. The first-order valence-electron chi connectivity index (χ1n) is 7.75. The number of phenolic OH excluding ortho intramolecular Hbond substituents is 1. The molecule has 0 unspecified atom stereocenters. The maximum atomic E-state index is 12.1. The largest absolute Gasteiger partial charge is 0.507 e. The van der Waals surface area contributed by atoms with Gasteiger partial charge in [-0.05, 0) is 43.4 Å². The molecule has 0 aliphatic carbocycles. The minimum absolute atomic E-state index is 0.201. The predicted octanol–water partition coefficient (Wildman–Crippen LogP) is 3.26. The van der Waals surface area contributed by atoms with Crippen molar-refractivity contribution in [1.82, 2.24) is 15.0 Å². The third kappa shape index (κ3) is 4.19. The Morgan fingerprint density at radius 2 is 1.96 bits per heavy atom. The number of nitrogens with zero attached hydrogens (tertiary/aromatic N) is 3. The molecule has 0 saturated carbocycles. The molecular formula is C18H17N3O3S. The molecule has 3 aromatic rings. The third-order valence-electron chi connectivity index (χ3n) is 3.69. The summed E-state index contributed by atoms with van der Waals surface area (Å²) < 4.78 is 5.15. The Kier molecular flexibility index (Phi) is 5.04.